The lowest BCUT2D eigenvalue weighted by Crippen LogP contribution is -2.41. The number of carbonyl (C=O) groups is 1. The third-order valence-electron chi connectivity index (χ3n) is 4.61. The number of aryl methyl sites for hydroxylation is 1. The second-order valence-corrected chi connectivity index (χ2v) is 6.40. The smallest absolute Gasteiger partial charge is 0.319 e. The van der Waals surface area contributed by atoms with E-state index in [-0.39, 0.29) is 18.1 Å². The summed E-state index contributed by atoms with van der Waals surface area (Å²) in [4.78, 5) is 16.3. The number of carbonyl (C=O) groups excluding carboxylic acids is 1. The Morgan fingerprint density at radius 2 is 2.08 bits per heavy atom. The Bertz CT molecular complexity index is 695. The Kier molecular flexibility index (Phi) is 4.85. The summed E-state index contributed by atoms with van der Waals surface area (Å²) >= 11 is 0. The van der Waals surface area contributed by atoms with Crippen molar-refractivity contribution in [3.05, 3.63) is 48.0 Å². The summed E-state index contributed by atoms with van der Waals surface area (Å²) in [5.74, 6) is 1.33. The van der Waals surface area contributed by atoms with E-state index < -0.39 is 0 Å². The molecule has 2 N–H and O–H groups in total. The second kappa shape index (κ2) is 7.05. The van der Waals surface area contributed by atoms with Gasteiger partial charge in [0.05, 0.1) is 25.3 Å². The molecule has 1 aliphatic heterocycles. The van der Waals surface area contributed by atoms with Crippen molar-refractivity contribution in [2.24, 2.45) is 5.92 Å². The fourth-order valence-electron chi connectivity index (χ4n) is 2.98. The first-order valence-electron chi connectivity index (χ1n) is 8.29. The van der Waals surface area contributed by atoms with Crippen LogP contribution in [0.15, 0.2) is 36.7 Å². The molecule has 1 saturated heterocycles. The Balaban J connectivity index is 1.60. The van der Waals surface area contributed by atoms with Gasteiger partial charge in [-0.2, -0.15) is 0 Å². The minimum Gasteiger partial charge on any atom is -0.379 e. The number of anilines is 1. The van der Waals surface area contributed by atoms with Crippen molar-refractivity contribution < 1.29 is 9.53 Å². The third kappa shape index (κ3) is 3.59. The van der Waals surface area contributed by atoms with E-state index in [4.69, 9.17) is 4.74 Å². The zero-order chi connectivity index (χ0) is 17.1. The molecular formula is C18H24N4O2. The lowest BCUT2D eigenvalue weighted by Gasteiger charge is -2.17. The molecule has 6 nitrogen and oxygen atoms in total. The van der Waals surface area contributed by atoms with E-state index in [1.54, 1.807) is 6.20 Å². The highest BCUT2D eigenvalue weighted by molar-refractivity contribution is 5.89. The van der Waals surface area contributed by atoms with Gasteiger partial charge in [0.25, 0.3) is 0 Å². The van der Waals surface area contributed by atoms with E-state index in [2.05, 4.69) is 34.0 Å². The highest BCUT2D eigenvalue weighted by atomic mass is 16.5. The van der Waals surface area contributed by atoms with Gasteiger partial charge in [-0.05, 0) is 31.5 Å². The third-order valence-corrected chi connectivity index (χ3v) is 4.61. The summed E-state index contributed by atoms with van der Waals surface area (Å²) in [6.45, 7) is 7.47. The molecule has 1 aromatic carbocycles. The molecule has 1 aliphatic rings. The SMILES string of the molecule is Cc1nccn1[C@H](C)c1ccc(NC(=O)N[C@@H]2COC[C@H]2C)cc1. The molecule has 0 spiro atoms. The van der Waals surface area contributed by atoms with Crippen LogP contribution < -0.4 is 10.6 Å². The number of nitrogens with one attached hydrogen (secondary N) is 2. The molecule has 3 atom stereocenters. The number of hydrogen-bond acceptors (Lipinski definition) is 3. The Morgan fingerprint density at radius 3 is 2.67 bits per heavy atom. The van der Waals surface area contributed by atoms with Gasteiger partial charge >= 0.3 is 6.03 Å². The van der Waals surface area contributed by atoms with Gasteiger partial charge in [0.1, 0.15) is 5.82 Å². The van der Waals surface area contributed by atoms with Crippen molar-refractivity contribution in [2.45, 2.75) is 32.9 Å². The van der Waals surface area contributed by atoms with Crippen LogP contribution in [0.5, 0.6) is 0 Å². The number of ether oxygens (including phenoxy) is 1. The molecule has 2 amide bonds. The van der Waals surface area contributed by atoms with Gasteiger partial charge in [-0.1, -0.05) is 19.1 Å². The van der Waals surface area contributed by atoms with Crippen LogP contribution in [0, 0.1) is 12.8 Å². The molecule has 128 valence electrons. The van der Waals surface area contributed by atoms with Gasteiger partial charge in [-0.3, -0.25) is 0 Å². The Hall–Kier alpha value is -2.34. The van der Waals surface area contributed by atoms with Crippen LogP contribution in [-0.4, -0.2) is 34.8 Å². The highest BCUT2D eigenvalue weighted by Crippen LogP contribution is 2.21. The zero-order valence-electron chi connectivity index (χ0n) is 14.3. The van der Waals surface area contributed by atoms with Gasteiger partial charge in [0, 0.05) is 24.0 Å². The van der Waals surface area contributed by atoms with Crippen molar-refractivity contribution in [3.63, 3.8) is 0 Å². The van der Waals surface area contributed by atoms with E-state index >= 15 is 0 Å². The molecule has 2 aromatic rings. The fourth-order valence-corrected chi connectivity index (χ4v) is 2.98. The second-order valence-electron chi connectivity index (χ2n) is 6.40. The first kappa shape index (κ1) is 16.5. The number of benzene rings is 1. The molecular weight excluding hydrogens is 304 g/mol. The molecule has 0 aliphatic carbocycles. The lowest BCUT2D eigenvalue weighted by atomic mass is 10.1. The molecule has 1 fully saturated rings. The summed E-state index contributed by atoms with van der Waals surface area (Å²) in [6.07, 6.45) is 3.78. The normalized spacial score (nSPS) is 21.5. The number of rotatable bonds is 4. The van der Waals surface area contributed by atoms with Crippen LogP contribution in [0.25, 0.3) is 0 Å². The summed E-state index contributed by atoms with van der Waals surface area (Å²) in [6, 6.07) is 7.99. The number of urea groups is 1. The van der Waals surface area contributed by atoms with E-state index in [1.807, 2.05) is 37.4 Å². The van der Waals surface area contributed by atoms with E-state index in [1.165, 1.54) is 5.56 Å². The zero-order valence-corrected chi connectivity index (χ0v) is 14.3. The largest absolute Gasteiger partial charge is 0.379 e. The monoisotopic (exact) mass is 328 g/mol. The lowest BCUT2D eigenvalue weighted by molar-refractivity contribution is 0.184. The van der Waals surface area contributed by atoms with Crippen LogP contribution in [-0.2, 0) is 4.74 Å². The molecule has 6 heteroatoms. The van der Waals surface area contributed by atoms with Crippen molar-refractivity contribution in [2.75, 3.05) is 18.5 Å². The number of amides is 2. The van der Waals surface area contributed by atoms with Crippen molar-refractivity contribution in [3.8, 4) is 0 Å². The maximum absolute atomic E-state index is 12.1. The van der Waals surface area contributed by atoms with Crippen molar-refractivity contribution in [1.29, 1.82) is 0 Å². The standard InChI is InChI=1S/C18H24N4O2/c1-12-10-24-11-17(12)21-18(23)20-16-6-4-15(5-7-16)13(2)22-9-8-19-14(22)3/h4-9,12-13,17H,10-11H2,1-3H3,(H2,20,21,23)/t12-,13-,17-/m1/s1. The minimum atomic E-state index is -0.191. The topological polar surface area (TPSA) is 68.2 Å². The van der Waals surface area contributed by atoms with Crippen LogP contribution in [0.2, 0.25) is 0 Å². The summed E-state index contributed by atoms with van der Waals surface area (Å²) < 4.78 is 7.48. The first-order chi connectivity index (χ1) is 11.5. The van der Waals surface area contributed by atoms with Gasteiger partial charge in [0.15, 0.2) is 0 Å². The van der Waals surface area contributed by atoms with E-state index in [0.29, 0.717) is 19.1 Å². The minimum absolute atomic E-state index is 0.0773. The van der Waals surface area contributed by atoms with Crippen molar-refractivity contribution in [1.82, 2.24) is 14.9 Å². The number of aromatic nitrogens is 2. The van der Waals surface area contributed by atoms with E-state index in [0.717, 1.165) is 11.5 Å². The number of hydrogen-bond donors (Lipinski definition) is 2. The maximum atomic E-state index is 12.1. The molecule has 1 aromatic heterocycles. The van der Waals surface area contributed by atoms with Gasteiger partial charge in [-0.25, -0.2) is 9.78 Å². The predicted molar refractivity (Wildman–Crippen MR) is 93.1 cm³/mol. The quantitative estimate of drug-likeness (QED) is 0.907. The van der Waals surface area contributed by atoms with Gasteiger partial charge in [0.2, 0.25) is 0 Å². The van der Waals surface area contributed by atoms with Crippen molar-refractivity contribution >= 4 is 11.7 Å². The predicted octanol–water partition coefficient (Wildman–Crippen LogP) is 2.96. The summed E-state index contributed by atoms with van der Waals surface area (Å²) in [7, 11) is 0. The average molecular weight is 328 g/mol. The van der Waals surface area contributed by atoms with E-state index in [9.17, 15) is 4.79 Å². The maximum Gasteiger partial charge on any atom is 0.319 e. The Morgan fingerprint density at radius 1 is 1.33 bits per heavy atom. The summed E-state index contributed by atoms with van der Waals surface area (Å²) in [5, 5.41) is 5.83. The number of nitrogens with zero attached hydrogens (tertiary/aromatic N) is 2. The van der Waals surface area contributed by atoms with Crippen LogP contribution in [0.3, 0.4) is 0 Å². The molecule has 0 bridgehead atoms. The fraction of sp³-hybridized carbons (Fsp3) is 0.444. The molecule has 0 saturated carbocycles. The van der Waals surface area contributed by atoms with Crippen LogP contribution >= 0.6 is 0 Å². The van der Waals surface area contributed by atoms with Gasteiger partial charge < -0.3 is 19.9 Å². The van der Waals surface area contributed by atoms with Gasteiger partial charge in [-0.15, -0.1) is 0 Å². The van der Waals surface area contributed by atoms with Crippen LogP contribution in [0.1, 0.15) is 31.3 Å². The molecule has 0 radical (unpaired) electrons. The molecule has 24 heavy (non-hydrogen) atoms. The first-order valence-corrected chi connectivity index (χ1v) is 8.29. The average Bonchev–Trinajstić information content (AvgIpc) is 3.16. The number of imidazole rings is 1. The summed E-state index contributed by atoms with van der Waals surface area (Å²) in [5.41, 5.74) is 1.94. The highest BCUT2D eigenvalue weighted by Gasteiger charge is 2.25. The Labute approximate surface area is 142 Å². The molecule has 0 unspecified atom stereocenters. The van der Waals surface area contributed by atoms with Crippen LogP contribution in [0.4, 0.5) is 10.5 Å². The molecule has 3 rings (SSSR count). The molecule has 2 heterocycles.